The van der Waals surface area contributed by atoms with Gasteiger partial charge in [0.2, 0.25) is 5.91 Å². The number of primary amides is 1. The quantitative estimate of drug-likeness (QED) is 0.556. The standard InChI is InChI=1S/C9H8N4O5/c10-2-4-3-13(9(18)12-7(4)15)5(8(16)17)1-6(11)14/h3,5H,1H2,(H2,11,14)(H,16,17)(H,12,15,18)/t5-/m1/s1. The Labute approximate surface area is 99.1 Å². The number of hydrogen-bond acceptors (Lipinski definition) is 5. The van der Waals surface area contributed by atoms with Crippen molar-refractivity contribution in [2.75, 3.05) is 0 Å². The van der Waals surface area contributed by atoms with E-state index in [1.165, 1.54) is 6.07 Å². The van der Waals surface area contributed by atoms with Gasteiger partial charge in [0.15, 0.2) is 0 Å². The molecule has 1 atom stereocenters. The Kier molecular flexibility index (Phi) is 3.63. The number of nitrogens with one attached hydrogen (secondary N) is 1. The van der Waals surface area contributed by atoms with Crippen LogP contribution in [0.5, 0.6) is 0 Å². The third kappa shape index (κ3) is 2.62. The van der Waals surface area contributed by atoms with Gasteiger partial charge in [-0.2, -0.15) is 5.26 Å². The van der Waals surface area contributed by atoms with E-state index in [0.29, 0.717) is 4.57 Å². The second-order valence-electron chi connectivity index (χ2n) is 3.35. The summed E-state index contributed by atoms with van der Waals surface area (Å²) in [5.41, 5.74) is 2.46. The molecule has 18 heavy (non-hydrogen) atoms. The van der Waals surface area contributed by atoms with Gasteiger partial charge in [-0.15, -0.1) is 0 Å². The first kappa shape index (κ1) is 13.2. The molecule has 1 heterocycles. The predicted molar refractivity (Wildman–Crippen MR) is 56.5 cm³/mol. The predicted octanol–water partition coefficient (Wildman–Crippen LogP) is -2.09. The number of carboxylic acids is 1. The first-order valence-corrected chi connectivity index (χ1v) is 4.63. The number of carbonyl (C=O) groups is 2. The monoisotopic (exact) mass is 252 g/mol. The molecule has 0 saturated heterocycles. The third-order valence-corrected chi connectivity index (χ3v) is 2.10. The first-order chi connectivity index (χ1) is 8.36. The Hall–Kier alpha value is -2.89. The molecule has 4 N–H and O–H groups in total. The molecule has 1 aromatic rings. The fraction of sp³-hybridized carbons (Fsp3) is 0.222. The highest BCUT2D eigenvalue weighted by molar-refractivity contribution is 5.82. The lowest BCUT2D eigenvalue weighted by Gasteiger charge is -2.13. The van der Waals surface area contributed by atoms with E-state index in [9.17, 15) is 19.2 Å². The van der Waals surface area contributed by atoms with Crippen LogP contribution in [0.1, 0.15) is 18.0 Å². The molecule has 0 spiro atoms. The highest BCUT2D eigenvalue weighted by Gasteiger charge is 2.24. The molecule has 1 rings (SSSR count). The number of aliphatic carboxylic acids is 1. The zero-order valence-electron chi connectivity index (χ0n) is 8.91. The highest BCUT2D eigenvalue weighted by Crippen LogP contribution is 2.08. The number of amides is 1. The van der Waals surface area contributed by atoms with Crippen molar-refractivity contribution in [3.63, 3.8) is 0 Å². The fourth-order valence-corrected chi connectivity index (χ4v) is 1.29. The van der Waals surface area contributed by atoms with E-state index in [-0.39, 0.29) is 0 Å². The zero-order chi connectivity index (χ0) is 13.9. The molecule has 9 nitrogen and oxygen atoms in total. The van der Waals surface area contributed by atoms with Crippen molar-refractivity contribution in [2.24, 2.45) is 5.73 Å². The van der Waals surface area contributed by atoms with Crippen LogP contribution >= 0.6 is 0 Å². The summed E-state index contributed by atoms with van der Waals surface area (Å²) in [7, 11) is 0. The van der Waals surface area contributed by atoms with Crippen molar-refractivity contribution in [3.8, 4) is 6.07 Å². The minimum atomic E-state index is -1.57. The maximum Gasteiger partial charge on any atom is 0.329 e. The molecule has 0 aliphatic carbocycles. The van der Waals surface area contributed by atoms with Crippen LogP contribution in [0, 0.1) is 11.3 Å². The lowest BCUT2D eigenvalue weighted by atomic mass is 10.2. The summed E-state index contributed by atoms with van der Waals surface area (Å²) in [5, 5.41) is 17.5. The number of H-pyrrole nitrogens is 1. The maximum atomic E-state index is 11.4. The summed E-state index contributed by atoms with van der Waals surface area (Å²) in [6.07, 6.45) is 0.148. The third-order valence-electron chi connectivity index (χ3n) is 2.10. The van der Waals surface area contributed by atoms with Crippen molar-refractivity contribution >= 4 is 11.9 Å². The smallest absolute Gasteiger partial charge is 0.329 e. The largest absolute Gasteiger partial charge is 0.480 e. The Balaban J connectivity index is 3.42. The van der Waals surface area contributed by atoms with Crippen LogP contribution in [0.3, 0.4) is 0 Å². The van der Waals surface area contributed by atoms with Crippen molar-refractivity contribution in [1.29, 1.82) is 5.26 Å². The van der Waals surface area contributed by atoms with Crippen molar-refractivity contribution < 1.29 is 14.7 Å². The average molecular weight is 252 g/mol. The summed E-state index contributed by atoms with van der Waals surface area (Å²) in [6.45, 7) is 0. The molecule has 0 saturated carbocycles. The number of rotatable bonds is 4. The summed E-state index contributed by atoms with van der Waals surface area (Å²) in [5.74, 6) is -2.41. The molecule has 1 amide bonds. The number of aromatic amines is 1. The normalized spacial score (nSPS) is 11.5. The molecule has 0 aliphatic heterocycles. The van der Waals surface area contributed by atoms with Crippen LogP contribution < -0.4 is 17.0 Å². The first-order valence-electron chi connectivity index (χ1n) is 4.63. The van der Waals surface area contributed by atoms with Crippen LogP contribution in [0.25, 0.3) is 0 Å². The maximum absolute atomic E-state index is 11.4. The van der Waals surface area contributed by atoms with Crippen LogP contribution in [0.4, 0.5) is 0 Å². The van der Waals surface area contributed by atoms with Gasteiger partial charge in [-0.05, 0) is 0 Å². The lowest BCUT2D eigenvalue weighted by Crippen LogP contribution is -2.37. The van der Waals surface area contributed by atoms with Crippen LogP contribution in [0.15, 0.2) is 15.8 Å². The van der Waals surface area contributed by atoms with Gasteiger partial charge in [0, 0.05) is 6.20 Å². The Morgan fingerprint density at radius 1 is 1.56 bits per heavy atom. The Morgan fingerprint density at radius 2 is 2.17 bits per heavy atom. The van der Waals surface area contributed by atoms with Gasteiger partial charge in [0.05, 0.1) is 6.42 Å². The molecule has 94 valence electrons. The van der Waals surface area contributed by atoms with E-state index in [1.807, 2.05) is 0 Å². The highest BCUT2D eigenvalue weighted by atomic mass is 16.4. The Morgan fingerprint density at radius 3 is 2.61 bits per heavy atom. The molecule has 0 fully saturated rings. The molecule has 1 aromatic heterocycles. The van der Waals surface area contributed by atoms with Gasteiger partial charge >= 0.3 is 11.7 Å². The second kappa shape index (κ2) is 4.96. The second-order valence-corrected chi connectivity index (χ2v) is 3.35. The number of nitrogens with two attached hydrogens (primary N) is 1. The average Bonchev–Trinajstić information content (AvgIpc) is 2.26. The van der Waals surface area contributed by atoms with Crippen LogP contribution in [-0.4, -0.2) is 26.5 Å². The number of nitriles is 1. The van der Waals surface area contributed by atoms with Crippen molar-refractivity contribution in [1.82, 2.24) is 9.55 Å². The number of aromatic nitrogens is 2. The van der Waals surface area contributed by atoms with Gasteiger partial charge < -0.3 is 10.8 Å². The van der Waals surface area contributed by atoms with Gasteiger partial charge in [-0.25, -0.2) is 9.59 Å². The van der Waals surface area contributed by atoms with Gasteiger partial charge in [0.1, 0.15) is 17.7 Å². The number of carboxylic acid groups (broad SMARTS) is 1. The summed E-state index contributed by atoms with van der Waals surface area (Å²) in [4.78, 5) is 46.0. The number of nitrogens with zero attached hydrogens (tertiary/aromatic N) is 2. The molecule has 0 unspecified atom stereocenters. The molecular formula is C9H8N4O5. The van der Waals surface area contributed by atoms with E-state index in [1.54, 1.807) is 4.98 Å². The van der Waals surface area contributed by atoms with E-state index in [0.717, 1.165) is 6.20 Å². The summed E-state index contributed by atoms with van der Waals surface area (Å²) >= 11 is 0. The van der Waals surface area contributed by atoms with E-state index in [2.05, 4.69) is 0 Å². The van der Waals surface area contributed by atoms with Crippen LogP contribution in [0.2, 0.25) is 0 Å². The molecule has 0 radical (unpaired) electrons. The molecule has 0 bridgehead atoms. The topological polar surface area (TPSA) is 159 Å². The fourth-order valence-electron chi connectivity index (χ4n) is 1.29. The molecular weight excluding hydrogens is 244 g/mol. The minimum absolute atomic E-state index is 0.440. The van der Waals surface area contributed by atoms with Gasteiger partial charge in [-0.3, -0.25) is 19.1 Å². The number of carbonyl (C=O) groups excluding carboxylic acids is 1. The molecule has 0 aliphatic rings. The SMILES string of the molecule is N#Cc1cn([C@H](CC(N)=O)C(=O)O)c(=O)[nH]c1=O. The summed E-state index contributed by atoms with van der Waals surface area (Å²) in [6, 6.07) is -0.0730. The van der Waals surface area contributed by atoms with E-state index < -0.39 is 41.2 Å². The van der Waals surface area contributed by atoms with Gasteiger partial charge in [-0.1, -0.05) is 0 Å². The lowest BCUT2D eigenvalue weighted by molar-refractivity contribution is -0.142. The summed E-state index contributed by atoms with van der Waals surface area (Å²) < 4.78 is 0.576. The Bertz CT molecular complexity index is 650. The van der Waals surface area contributed by atoms with Gasteiger partial charge in [0.25, 0.3) is 5.56 Å². The van der Waals surface area contributed by atoms with E-state index >= 15 is 0 Å². The molecule has 9 heteroatoms. The van der Waals surface area contributed by atoms with Crippen molar-refractivity contribution in [2.45, 2.75) is 12.5 Å². The number of hydrogen-bond donors (Lipinski definition) is 3. The van der Waals surface area contributed by atoms with Crippen LogP contribution in [-0.2, 0) is 9.59 Å². The zero-order valence-corrected chi connectivity index (χ0v) is 8.91. The minimum Gasteiger partial charge on any atom is -0.480 e. The molecule has 0 aromatic carbocycles. The van der Waals surface area contributed by atoms with Crippen molar-refractivity contribution in [3.05, 3.63) is 32.6 Å². The van der Waals surface area contributed by atoms with E-state index in [4.69, 9.17) is 16.1 Å².